The first-order chi connectivity index (χ1) is 12.7. The highest BCUT2D eigenvalue weighted by Crippen LogP contribution is 2.74. The van der Waals surface area contributed by atoms with Crippen molar-refractivity contribution in [2.75, 3.05) is 6.61 Å². The average molecular weight is 390 g/mol. The van der Waals surface area contributed by atoms with E-state index >= 15 is 0 Å². The predicted octanol–water partition coefficient (Wildman–Crippen LogP) is 5.82. The summed E-state index contributed by atoms with van der Waals surface area (Å²) in [6, 6.07) is 0.347. The Labute approximate surface area is 169 Å². The molecule has 0 aromatic rings. The van der Waals surface area contributed by atoms with Gasteiger partial charge in [-0.3, -0.25) is 4.79 Å². The number of thiocarbonyl (C=S) groups is 1. The van der Waals surface area contributed by atoms with Crippen LogP contribution in [0.5, 0.6) is 0 Å². The Hall–Kier alpha value is -0.730. The molecule has 0 amide bonds. The molecule has 0 aromatic heterocycles. The zero-order valence-electron chi connectivity index (χ0n) is 17.5. The Morgan fingerprint density at radius 1 is 1.15 bits per heavy atom. The molecule has 2 bridgehead atoms. The predicted molar refractivity (Wildman–Crippen MR) is 111 cm³/mol. The van der Waals surface area contributed by atoms with Crippen LogP contribution in [0, 0.1) is 33.5 Å². The third-order valence-corrected chi connectivity index (χ3v) is 9.66. The van der Waals surface area contributed by atoms with Crippen molar-refractivity contribution < 1.29 is 9.53 Å². The summed E-state index contributed by atoms with van der Waals surface area (Å²) in [5.41, 5.74) is 0.627. The lowest BCUT2D eigenvalue weighted by molar-refractivity contribution is -0.187. The van der Waals surface area contributed by atoms with Crippen LogP contribution in [0.2, 0.25) is 0 Å². The van der Waals surface area contributed by atoms with E-state index in [1.165, 1.54) is 38.5 Å². The molecular formula is C23H35NO2S. The van der Waals surface area contributed by atoms with Crippen molar-refractivity contribution >= 4 is 23.3 Å². The largest absolute Gasteiger partial charge is 0.466 e. The Balaban J connectivity index is 1.69. The van der Waals surface area contributed by atoms with Crippen molar-refractivity contribution in [2.45, 2.75) is 91.5 Å². The minimum absolute atomic E-state index is 0.0483. The number of rotatable bonds is 3. The molecule has 4 aliphatic rings. The number of esters is 1. The van der Waals surface area contributed by atoms with Gasteiger partial charge in [0.25, 0.3) is 0 Å². The van der Waals surface area contributed by atoms with Crippen LogP contribution < -0.4 is 0 Å². The normalized spacial score (nSPS) is 50.9. The second kappa shape index (κ2) is 6.39. The number of isothiocyanates is 1. The van der Waals surface area contributed by atoms with Gasteiger partial charge in [-0.25, -0.2) is 4.99 Å². The van der Waals surface area contributed by atoms with E-state index in [-0.39, 0.29) is 16.8 Å². The number of hydrogen-bond donors (Lipinski definition) is 0. The van der Waals surface area contributed by atoms with Crippen LogP contribution in [-0.4, -0.2) is 23.8 Å². The van der Waals surface area contributed by atoms with E-state index < -0.39 is 0 Å². The maximum absolute atomic E-state index is 13.0. The summed E-state index contributed by atoms with van der Waals surface area (Å²) in [6.45, 7) is 9.55. The van der Waals surface area contributed by atoms with E-state index in [0.717, 1.165) is 19.3 Å². The van der Waals surface area contributed by atoms with Gasteiger partial charge >= 0.3 is 5.97 Å². The van der Waals surface area contributed by atoms with Crippen LogP contribution in [0.3, 0.4) is 0 Å². The average Bonchev–Trinajstić information content (AvgIpc) is 2.80. The van der Waals surface area contributed by atoms with Crippen LogP contribution in [0.1, 0.15) is 85.5 Å². The molecule has 1 spiro atoms. The maximum Gasteiger partial charge on any atom is 0.312 e. The van der Waals surface area contributed by atoms with Crippen molar-refractivity contribution in [3.05, 3.63) is 0 Å². The molecule has 7 atom stereocenters. The lowest BCUT2D eigenvalue weighted by Crippen LogP contribution is -2.58. The number of nitrogens with zero attached hydrogens (tertiary/aromatic N) is 1. The lowest BCUT2D eigenvalue weighted by atomic mass is 9.40. The van der Waals surface area contributed by atoms with E-state index in [2.05, 4.69) is 30.9 Å². The fourth-order valence-electron chi connectivity index (χ4n) is 8.54. The fourth-order valence-corrected chi connectivity index (χ4v) is 8.66. The molecule has 27 heavy (non-hydrogen) atoms. The highest BCUT2D eigenvalue weighted by molar-refractivity contribution is 7.78. The number of carbonyl (C=O) groups is 1. The molecule has 0 aliphatic heterocycles. The zero-order chi connectivity index (χ0) is 19.5. The summed E-state index contributed by atoms with van der Waals surface area (Å²) in [5.74, 6) is 1.20. The van der Waals surface area contributed by atoms with E-state index in [4.69, 9.17) is 17.0 Å². The smallest absolute Gasteiger partial charge is 0.312 e. The number of hydrogen-bond acceptors (Lipinski definition) is 4. The highest BCUT2D eigenvalue weighted by atomic mass is 32.1. The molecule has 4 aliphatic carbocycles. The van der Waals surface area contributed by atoms with Crippen LogP contribution in [0.4, 0.5) is 0 Å². The van der Waals surface area contributed by atoms with Crippen molar-refractivity contribution in [3.63, 3.8) is 0 Å². The summed E-state index contributed by atoms with van der Waals surface area (Å²) in [5, 5.41) is 2.69. The van der Waals surface area contributed by atoms with Crippen LogP contribution >= 0.6 is 12.2 Å². The van der Waals surface area contributed by atoms with Gasteiger partial charge in [0.05, 0.1) is 23.2 Å². The van der Waals surface area contributed by atoms with Gasteiger partial charge < -0.3 is 4.74 Å². The maximum atomic E-state index is 13.0. The van der Waals surface area contributed by atoms with E-state index in [9.17, 15) is 4.79 Å². The topological polar surface area (TPSA) is 38.7 Å². The molecule has 0 N–H and O–H groups in total. The zero-order valence-corrected chi connectivity index (χ0v) is 18.3. The molecule has 0 saturated heterocycles. The number of carbonyl (C=O) groups excluding carboxylic acids is 1. The van der Waals surface area contributed by atoms with Gasteiger partial charge in [0.2, 0.25) is 0 Å². The molecular weight excluding hydrogens is 354 g/mol. The quantitative estimate of drug-likeness (QED) is 0.346. The lowest BCUT2D eigenvalue weighted by Gasteiger charge is -2.64. The fraction of sp³-hybridized carbons (Fsp3) is 0.913. The van der Waals surface area contributed by atoms with Gasteiger partial charge in [0, 0.05) is 0 Å². The molecule has 0 heterocycles. The van der Waals surface area contributed by atoms with Gasteiger partial charge in [-0.1, -0.05) is 20.3 Å². The van der Waals surface area contributed by atoms with Crippen molar-refractivity contribution in [1.82, 2.24) is 0 Å². The third kappa shape index (κ3) is 2.62. The highest BCUT2D eigenvalue weighted by Gasteiger charge is 2.68. The van der Waals surface area contributed by atoms with Crippen molar-refractivity contribution in [3.8, 4) is 0 Å². The van der Waals surface area contributed by atoms with E-state index in [0.29, 0.717) is 35.3 Å². The Bertz CT molecular complexity index is 688. The van der Waals surface area contributed by atoms with E-state index in [1.807, 2.05) is 6.92 Å². The van der Waals surface area contributed by atoms with Crippen LogP contribution in [0.25, 0.3) is 0 Å². The number of fused-ring (bicyclic) bond motifs is 3. The summed E-state index contributed by atoms with van der Waals surface area (Å²) in [4.78, 5) is 17.6. The second-order valence-corrected chi connectivity index (χ2v) is 11.0. The van der Waals surface area contributed by atoms with Crippen molar-refractivity contribution in [1.29, 1.82) is 0 Å². The Morgan fingerprint density at radius 2 is 1.89 bits per heavy atom. The molecule has 4 rings (SSSR count). The van der Waals surface area contributed by atoms with E-state index in [1.54, 1.807) is 0 Å². The summed E-state index contributed by atoms with van der Waals surface area (Å²) in [6.07, 6.45) is 10.8. The monoisotopic (exact) mass is 389 g/mol. The molecule has 0 radical (unpaired) electrons. The van der Waals surface area contributed by atoms with Crippen LogP contribution in [0.15, 0.2) is 4.99 Å². The Morgan fingerprint density at radius 3 is 2.59 bits per heavy atom. The number of aliphatic imine (C=N–C) groups is 1. The molecule has 150 valence electrons. The third-order valence-electron chi connectivity index (χ3n) is 9.56. The molecule has 4 heteroatoms. The summed E-state index contributed by atoms with van der Waals surface area (Å²) >= 11 is 4.97. The molecule has 3 nitrogen and oxygen atoms in total. The molecule has 4 saturated carbocycles. The van der Waals surface area contributed by atoms with Gasteiger partial charge in [-0.05, 0) is 106 Å². The first-order valence-electron chi connectivity index (χ1n) is 11.0. The minimum Gasteiger partial charge on any atom is -0.466 e. The molecule has 0 aromatic carbocycles. The van der Waals surface area contributed by atoms with Gasteiger partial charge in [-0.15, -0.1) is 0 Å². The van der Waals surface area contributed by atoms with Gasteiger partial charge in [0.15, 0.2) is 0 Å². The molecule has 1 unspecified atom stereocenters. The summed E-state index contributed by atoms with van der Waals surface area (Å²) < 4.78 is 5.57. The van der Waals surface area contributed by atoms with Gasteiger partial charge in [0.1, 0.15) is 0 Å². The molecule has 4 fully saturated rings. The van der Waals surface area contributed by atoms with Crippen molar-refractivity contribution in [2.24, 2.45) is 38.5 Å². The minimum atomic E-state index is -0.310. The van der Waals surface area contributed by atoms with Gasteiger partial charge in [-0.2, -0.15) is 0 Å². The summed E-state index contributed by atoms with van der Waals surface area (Å²) in [7, 11) is 0. The SMILES string of the molecule is CCOC(=O)[C@]1(C)CCC[C@@]2(C)[C@@H]3CC[C@@]4(C)C[C@]3(CC[C@@H]21)CC4N=C=S. The number of ether oxygens (including phenoxy) is 1. The van der Waals surface area contributed by atoms with Crippen LogP contribution in [-0.2, 0) is 9.53 Å². The second-order valence-electron chi connectivity index (χ2n) is 10.8. The standard InChI is InChI=1S/C23H35NO2S/c1-5-26-19(25)22(4)10-6-9-21(3)16(22)8-12-23-13-18(24-15-27)20(2,14-23)11-7-17(21)23/h16-18H,5-14H2,1-4H3/t16-,17-,18?,20-,21+,22+,23-/m0/s1. The Kier molecular flexibility index (Phi) is 4.63. The first kappa shape index (κ1) is 19.6. The first-order valence-corrected chi connectivity index (χ1v) is 11.4.